The van der Waals surface area contributed by atoms with E-state index < -0.39 is 5.60 Å². The van der Waals surface area contributed by atoms with Crippen molar-refractivity contribution in [3.8, 4) is 11.5 Å². The van der Waals surface area contributed by atoms with Gasteiger partial charge in [-0.15, -0.1) is 0 Å². The molecule has 0 aromatic heterocycles. The fourth-order valence-electron chi connectivity index (χ4n) is 3.62. The van der Waals surface area contributed by atoms with Crippen LogP contribution in [0.15, 0.2) is 42.5 Å². The molecule has 0 aliphatic carbocycles. The second kappa shape index (κ2) is 11.0. The summed E-state index contributed by atoms with van der Waals surface area (Å²) < 4.78 is 11.1. The summed E-state index contributed by atoms with van der Waals surface area (Å²) in [6.07, 6.45) is 1.91. The number of para-hydroxylation sites is 1. The van der Waals surface area contributed by atoms with Crippen LogP contribution in [0.2, 0.25) is 10.0 Å². The Morgan fingerprint density at radius 2 is 1.97 bits per heavy atom. The smallest absolute Gasteiger partial charge is 0.234 e. The maximum absolute atomic E-state index is 12.4. The third kappa shape index (κ3) is 7.01. The highest BCUT2D eigenvalue weighted by Gasteiger charge is 2.31. The quantitative estimate of drug-likeness (QED) is 0.616. The minimum absolute atomic E-state index is 0.0524. The maximum atomic E-state index is 12.4. The van der Waals surface area contributed by atoms with E-state index in [0.29, 0.717) is 48.3 Å². The molecule has 0 bridgehead atoms. The van der Waals surface area contributed by atoms with Gasteiger partial charge in [0.2, 0.25) is 5.91 Å². The van der Waals surface area contributed by atoms with Crippen LogP contribution < -0.4 is 14.8 Å². The molecule has 1 amide bonds. The second-order valence-corrected chi connectivity index (χ2v) is 8.62. The van der Waals surface area contributed by atoms with E-state index in [1.165, 1.54) is 0 Å². The summed E-state index contributed by atoms with van der Waals surface area (Å²) in [6, 6.07) is 12.7. The molecule has 2 aromatic rings. The van der Waals surface area contributed by atoms with Gasteiger partial charge in [0.05, 0.1) is 29.3 Å². The zero-order chi connectivity index (χ0) is 22.3. The van der Waals surface area contributed by atoms with Crippen molar-refractivity contribution in [3.05, 3.63) is 58.1 Å². The van der Waals surface area contributed by atoms with Crippen molar-refractivity contribution in [2.45, 2.75) is 31.4 Å². The Hall–Kier alpha value is -1.99. The van der Waals surface area contributed by atoms with E-state index in [9.17, 15) is 9.90 Å². The second-order valence-electron chi connectivity index (χ2n) is 7.81. The van der Waals surface area contributed by atoms with Gasteiger partial charge >= 0.3 is 0 Å². The van der Waals surface area contributed by atoms with Gasteiger partial charge in [-0.3, -0.25) is 9.69 Å². The first-order valence-corrected chi connectivity index (χ1v) is 11.1. The summed E-state index contributed by atoms with van der Waals surface area (Å²) in [5, 5.41) is 14.8. The van der Waals surface area contributed by atoms with E-state index >= 15 is 0 Å². The van der Waals surface area contributed by atoms with Crippen LogP contribution in [0.25, 0.3) is 0 Å². The lowest BCUT2D eigenvalue weighted by Gasteiger charge is -2.27. The number of hydrogen-bond donors (Lipinski definition) is 2. The third-order valence-electron chi connectivity index (χ3n) is 5.44. The van der Waals surface area contributed by atoms with Gasteiger partial charge in [-0.05, 0) is 44.0 Å². The van der Waals surface area contributed by atoms with Crippen molar-refractivity contribution in [1.82, 2.24) is 10.2 Å². The van der Waals surface area contributed by atoms with Crippen LogP contribution in [0.1, 0.15) is 24.8 Å². The highest BCUT2D eigenvalue weighted by molar-refractivity contribution is 6.42. The molecule has 6 nitrogen and oxygen atoms in total. The summed E-state index contributed by atoms with van der Waals surface area (Å²) in [4.78, 5) is 14.5. The zero-order valence-electron chi connectivity index (χ0n) is 17.6. The third-order valence-corrected chi connectivity index (χ3v) is 6.18. The Balaban J connectivity index is 1.46. The number of ether oxygens (including phenoxy) is 2. The molecule has 1 aliphatic heterocycles. The number of benzene rings is 2. The molecule has 0 saturated carbocycles. The Morgan fingerprint density at radius 1 is 1.16 bits per heavy atom. The van der Waals surface area contributed by atoms with Crippen molar-refractivity contribution in [2.75, 3.05) is 33.4 Å². The Kier molecular flexibility index (Phi) is 8.43. The number of rotatable bonds is 8. The van der Waals surface area contributed by atoms with Crippen LogP contribution in [-0.4, -0.2) is 54.9 Å². The molecule has 2 aromatic carbocycles. The summed E-state index contributed by atoms with van der Waals surface area (Å²) in [6.45, 7) is 2.23. The molecule has 1 aliphatic rings. The van der Waals surface area contributed by atoms with E-state index in [1.807, 2.05) is 24.3 Å². The Bertz CT molecular complexity index is 896. The lowest BCUT2D eigenvalue weighted by molar-refractivity contribution is -0.122. The predicted octanol–water partition coefficient (Wildman–Crippen LogP) is 3.91. The SMILES string of the molecule is COc1ccccc1CNC(=O)CN1CCC[C@](O)(COc2ccc(Cl)c(Cl)c2)CC1. The Morgan fingerprint density at radius 3 is 2.74 bits per heavy atom. The van der Waals surface area contributed by atoms with E-state index in [1.54, 1.807) is 25.3 Å². The number of aliphatic hydroxyl groups is 1. The minimum Gasteiger partial charge on any atom is -0.496 e. The van der Waals surface area contributed by atoms with Crippen LogP contribution in [0.5, 0.6) is 11.5 Å². The number of hydrogen-bond acceptors (Lipinski definition) is 5. The number of nitrogens with zero attached hydrogens (tertiary/aromatic N) is 1. The van der Waals surface area contributed by atoms with Crippen molar-refractivity contribution in [2.24, 2.45) is 0 Å². The van der Waals surface area contributed by atoms with Gasteiger partial charge in [0.15, 0.2) is 0 Å². The normalized spacial score (nSPS) is 19.5. The molecule has 31 heavy (non-hydrogen) atoms. The number of halogens is 2. The van der Waals surface area contributed by atoms with E-state index in [2.05, 4.69) is 10.2 Å². The predicted molar refractivity (Wildman–Crippen MR) is 122 cm³/mol. The van der Waals surface area contributed by atoms with Crippen molar-refractivity contribution < 1.29 is 19.4 Å². The van der Waals surface area contributed by atoms with Crippen LogP contribution >= 0.6 is 23.2 Å². The number of amides is 1. The number of carbonyl (C=O) groups excluding carboxylic acids is 1. The summed E-state index contributed by atoms with van der Waals surface area (Å²) >= 11 is 11.9. The maximum Gasteiger partial charge on any atom is 0.234 e. The monoisotopic (exact) mass is 466 g/mol. The molecule has 0 unspecified atom stereocenters. The Labute approximate surface area is 193 Å². The van der Waals surface area contributed by atoms with Crippen LogP contribution in [0.3, 0.4) is 0 Å². The highest BCUT2D eigenvalue weighted by Crippen LogP contribution is 2.28. The fourth-order valence-corrected chi connectivity index (χ4v) is 3.91. The molecule has 1 fully saturated rings. The van der Waals surface area contributed by atoms with Crippen molar-refractivity contribution in [1.29, 1.82) is 0 Å². The van der Waals surface area contributed by atoms with Gasteiger partial charge in [-0.25, -0.2) is 0 Å². The fraction of sp³-hybridized carbons (Fsp3) is 0.435. The summed E-state index contributed by atoms with van der Waals surface area (Å²) in [5.41, 5.74) is -0.0163. The number of carbonyl (C=O) groups is 1. The highest BCUT2D eigenvalue weighted by atomic mass is 35.5. The molecule has 8 heteroatoms. The molecule has 1 heterocycles. The first-order chi connectivity index (χ1) is 14.9. The molecule has 168 valence electrons. The zero-order valence-corrected chi connectivity index (χ0v) is 19.1. The van der Waals surface area contributed by atoms with Gasteiger partial charge in [0, 0.05) is 24.7 Å². The molecule has 2 N–H and O–H groups in total. The van der Waals surface area contributed by atoms with Crippen molar-refractivity contribution in [3.63, 3.8) is 0 Å². The van der Waals surface area contributed by atoms with E-state index in [4.69, 9.17) is 32.7 Å². The molecule has 3 rings (SSSR count). The average Bonchev–Trinajstić information content (AvgIpc) is 2.95. The van der Waals surface area contributed by atoms with Gasteiger partial charge in [0.1, 0.15) is 18.1 Å². The number of nitrogens with one attached hydrogen (secondary N) is 1. The molecule has 1 saturated heterocycles. The average molecular weight is 467 g/mol. The van der Waals surface area contributed by atoms with Gasteiger partial charge in [0.25, 0.3) is 0 Å². The first-order valence-electron chi connectivity index (χ1n) is 10.3. The van der Waals surface area contributed by atoms with Crippen LogP contribution in [0, 0.1) is 0 Å². The largest absolute Gasteiger partial charge is 0.496 e. The number of likely N-dealkylation sites (tertiary alicyclic amines) is 1. The molecular formula is C23H28Cl2N2O4. The standard InChI is InChI=1S/C23H28Cl2N2O4/c1-30-21-6-3-2-5-17(21)14-26-22(28)15-27-11-4-9-23(29,10-12-27)16-31-18-7-8-19(24)20(25)13-18/h2-3,5-8,13,29H,4,9-12,14-16H2,1H3,(H,26,28)/t23-/m1/s1. The van der Waals surface area contributed by atoms with Gasteiger partial charge < -0.3 is 19.9 Å². The van der Waals surface area contributed by atoms with E-state index in [-0.39, 0.29) is 12.5 Å². The van der Waals surface area contributed by atoms with Crippen LogP contribution in [-0.2, 0) is 11.3 Å². The van der Waals surface area contributed by atoms with Crippen molar-refractivity contribution >= 4 is 29.1 Å². The van der Waals surface area contributed by atoms with Gasteiger partial charge in [-0.2, -0.15) is 0 Å². The summed E-state index contributed by atoms with van der Waals surface area (Å²) in [7, 11) is 1.62. The van der Waals surface area contributed by atoms with E-state index in [0.717, 1.165) is 24.3 Å². The lowest BCUT2D eigenvalue weighted by atomic mass is 9.96. The molecular weight excluding hydrogens is 439 g/mol. The van der Waals surface area contributed by atoms with Crippen LogP contribution in [0.4, 0.5) is 0 Å². The number of methoxy groups -OCH3 is 1. The first kappa shape index (κ1) is 23.7. The minimum atomic E-state index is -0.950. The summed E-state index contributed by atoms with van der Waals surface area (Å²) in [5.74, 6) is 1.27. The molecule has 1 atom stereocenters. The lowest BCUT2D eigenvalue weighted by Crippen LogP contribution is -2.40. The molecule has 0 spiro atoms. The topological polar surface area (TPSA) is 71.0 Å². The molecule has 0 radical (unpaired) electrons. The van der Waals surface area contributed by atoms with Gasteiger partial charge in [-0.1, -0.05) is 41.4 Å².